The number of nitrogens with zero attached hydrogens (tertiary/aromatic N) is 2. The summed E-state index contributed by atoms with van der Waals surface area (Å²) in [5.41, 5.74) is 2.26. The van der Waals surface area contributed by atoms with E-state index in [2.05, 4.69) is 10.3 Å². The van der Waals surface area contributed by atoms with E-state index < -0.39 is 10.0 Å². The summed E-state index contributed by atoms with van der Waals surface area (Å²) in [6.07, 6.45) is 3.35. The summed E-state index contributed by atoms with van der Waals surface area (Å²) < 4.78 is 27.2. The molecular formula is C22H22ClN3O3S. The maximum Gasteiger partial charge on any atom is 0.251 e. The van der Waals surface area contributed by atoms with Crippen LogP contribution in [0.5, 0.6) is 0 Å². The van der Waals surface area contributed by atoms with E-state index in [9.17, 15) is 13.2 Å². The summed E-state index contributed by atoms with van der Waals surface area (Å²) in [4.78, 5) is 16.5. The fraction of sp³-hybridized carbons (Fsp3) is 0.182. The number of sulfonamides is 1. The van der Waals surface area contributed by atoms with Crippen LogP contribution < -0.4 is 5.32 Å². The first-order valence-electron chi connectivity index (χ1n) is 9.42. The highest BCUT2D eigenvalue weighted by Gasteiger charge is 2.23. The molecule has 3 aromatic rings. The number of nitrogens with one attached hydrogen (secondary N) is 1. The molecule has 30 heavy (non-hydrogen) atoms. The van der Waals surface area contributed by atoms with E-state index in [4.69, 9.17) is 11.6 Å². The molecule has 0 aliphatic carbocycles. The molecule has 0 atom stereocenters. The first-order valence-corrected chi connectivity index (χ1v) is 11.2. The van der Waals surface area contributed by atoms with Gasteiger partial charge < -0.3 is 5.32 Å². The van der Waals surface area contributed by atoms with Crippen molar-refractivity contribution in [3.63, 3.8) is 0 Å². The van der Waals surface area contributed by atoms with E-state index in [-0.39, 0.29) is 17.3 Å². The molecule has 1 amide bonds. The lowest BCUT2D eigenvalue weighted by Crippen LogP contribution is -2.30. The number of rotatable bonds is 8. The Bertz CT molecular complexity index is 1090. The zero-order chi connectivity index (χ0) is 21.6. The van der Waals surface area contributed by atoms with Crippen molar-refractivity contribution in [3.05, 3.63) is 94.8 Å². The van der Waals surface area contributed by atoms with E-state index in [1.165, 1.54) is 16.4 Å². The van der Waals surface area contributed by atoms with Crippen molar-refractivity contribution in [3.8, 4) is 0 Å². The lowest BCUT2D eigenvalue weighted by molar-refractivity contribution is 0.0951. The molecule has 156 valence electrons. The standard InChI is InChI=1S/C22H22ClN3O3S/c1-2-26(30(28,29)21-9-7-20(23)8-10-21)16-18-3-5-19(6-4-18)22(27)25-15-17-11-13-24-14-12-17/h3-14H,2,15-16H2,1H3,(H,25,27). The Kier molecular flexibility index (Phi) is 7.20. The fourth-order valence-corrected chi connectivity index (χ4v) is 4.44. The third-order valence-corrected chi connectivity index (χ3v) is 6.77. The zero-order valence-electron chi connectivity index (χ0n) is 16.5. The molecule has 0 radical (unpaired) electrons. The van der Waals surface area contributed by atoms with Crippen molar-refractivity contribution >= 4 is 27.5 Å². The molecule has 1 aromatic heterocycles. The predicted octanol–water partition coefficient (Wildman–Crippen LogP) is 3.88. The van der Waals surface area contributed by atoms with Gasteiger partial charge in [-0.1, -0.05) is 30.7 Å². The normalized spacial score (nSPS) is 11.4. The van der Waals surface area contributed by atoms with Crippen molar-refractivity contribution in [2.75, 3.05) is 6.54 Å². The van der Waals surface area contributed by atoms with Crippen LogP contribution in [0.4, 0.5) is 0 Å². The maximum atomic E-state index is 12.9. The molecule has 0 saturated heterocycles. The van der Waals surface area contributed by atoms with Gasteiger partial charge >= 0.3 is 0 Å². The van der Waals surface area contributed by atoms with Crippen LogP contribution in [0.2, 0.25) is 5.02 Å². The van der Waals surface area contributed by atoms with Gasteiger partial charge in [-0.2, -0.15) is 4.31 Å². The van der Waals surface area contributed by atoms with Gasteiger partial charge in [-0.05, 0) is 59.7 Å². The van der Waals surface area contributed by atoms with Crippen LogP contribution in [0.25, 0.3) is 0 Å². The molecule has 2 aromatic carbocycles. The highest BCUT2D eigenvalue weighted by atomic mass is 35.5. The molecular weight excluding hydrogens is 422 g/mol. The molecule has 1 N–H and O–H groups in total. The van der Waals surface area contributed by atoms with Crippen LogP contribution in [-0.4, -0.2) is 30.2 Å². The van der Waals surface area contributed by atoms with E-state index >= 15 is 0 Å². The Hall–Kier alpha value is -2.74. The SMILES string of the molecule is CCN(Cc1ccc(C(=O)NCc2ccncc2)cc1)S(=O)(=O)c1ccc(Cl)cc1. The zero-order valence-corrected chi connectivity index (χ0v) is 18.0. The Morgan fingerprint density at radius 2 is 1.60 bits per heavy atom. The lowest BCUT2D eigenvalue weighted by Gasteiger charge is -2.21. The van der Waals surface area contributed by atoms with Crippen molar-refractivity contribution in [1.82, 2.24) is 14.6 Å². The van der Waals surface area contributed by atoms with Crippen LogP contribution in [-0.2, 0) is 23.1 Å². The van der Waals surface area contributed by atoms with Gasteiger partial charge in [0.2, 0.25) is 10.0 Å². The van der Waals surface area contributed by atoms with Gasteiger partial charge in [0.1, 0.15) is 0 Å². The van der Waals surface area contributed by atoms with Crippen molar-refractivity contribution in [1.29, 1.82) is 0 Å². The number of hydrogen-bond acceptors (Lipinski definition) is 4. The van der Waals surface area contributed by atoms with E-state index in [0.29, 0.717) is 23.7 Å². The van der Waals surface area contributed by atoms with Crippen LogP contribution in [0.3, 0.4) is 0 Å². The minimum Gasteiger partial charge on any atom is -0.348 e. The number of halogens is 1. The third kappa shape index (κ3) is 5.44. The summed E-state index contributed by atoms with van der Waals surface area (Å²) in [6.45, 7) is 2.72. The number of benzene rings is 2. The molecule has 1 heterocycles. The van der Waals surface area contributed by atoms with E-state index in [1.54, 1.807) is 55.7 Å². The fourth-order valence-electron chi connectivity index (χ4n) is 2.87. The van der Waals surface area contributed by atoms with Crippen LogP contribution in [0, 0.1) is 0 Å². The molecule has 3 rings (SSSR count). The highest BCUT2D eigenvalue weighted by Crippen LogP contribution is 2.20. The van der Waals surface area contributed by atoms with Crippen molar-refractivity contribution in [2.24, 2.45) is 0 Å². The summed E-state index contributed by atoms with van der Waals surface area (Å²) in [5.74, 6) is -0.195. The second kappa shape index (κ2) is 9.84. The summed E-state index contributed by atoms with van der Waals surface area (Å²) in [7, 11) is -3.64. The molecule has 8 heteroatoms. The number of carbonyl (C=O) groups excluding carboxylic acids is 1. The Morgan fingerprint density at radius 1 is 0.967 bits per heavy atom. The summed E-state index contributed by atoms with van der Waals surface area (Å²) >= 11 is 5.86. The summed E-state index contributed by atoms with van der Waals surface area (Å²) in [6, 6.07) is 16.7. The van der Waals surface area contributed by atoms with Crippen LogP contribution >= 0.6 is 11.6 Å². The van der Waals surface area contributed by atoms with Gasteiger partial charge in [0, 0.05) is 42.6 Å². The average molecular weight is 444 g/mol. The maximum absolute atomic E-state index is 12.9. The Labute approximate surface area is 181 Å². The minimum atomic E-state index is -3.64. The molecule has 0 saturated carbocycles. The van der Waals surface area contributed by atoms with Gasteiger partial charge in [0.25, 0.3) is 5.91 Å². The van der Waals surface area contributed by atoms with Crippen molar-refractivity contribution < 1.29 is 13.2 Å². The smallest absolute Gasteiger partial charge is 0.251 e. The molecule has 6 nitrogen and oxygen atoms in total. The van der Waals surface area contributed by atoms with Crippen LogP contribution in [0.15, 0.2) is 78.0 Å². The van der Waals surface area contributed by atoms with E-state index in [1.807, 2.05) is 12.1 Å². The average Bonchev–Trinajstić information content (AvgIpc) is 2.77. The summed E-state index contributed by atoms with van der Waals surface area (Å²) in [5, 5.41) is 3.33. The highest BCUT2D eigenvalue weighted by molar-refractivity contribution is 7.89. The van der Waals surface area contributed by atoms with E-state index in [0.717, 1.165) is 11.1 Å². The first kappa shape index (κ1) is 22.0. The first-order chi connectivity index (χ1) is 14.4. The monoisotopic (exact) mass is 443 g/mol. The topological polar surface area (TPSA) is 79.4 Å². The molecule has 0 aliphatic heterocycles. The number of hydrogen-bond donors (Lipinski definition) is 1. The van der Waals surface area contributed by atoms with Gasteiger partial charge in [-0.3, -0.25) is 9.78 Å². The number of aromatic nitrogens is 1. The van der Waals surface area contributed by atoms with Crippen molar-refractivity contribution in [2.45, 2.75) is 24.9 Å². The lowest BCUT2D eigenvalue weighted by atomic mass is 10.1. The Morgan fingerprint density at radius 3 is 2.20 bits per heavy atom. The van der Waals surface area contributed by atoms with Gasteiger partial charge in [-0.15, -0.1) is 0 Å². The number of pyridine rings is 1. The molecule has 0 spiro atoms. The second-order valence-electron chi connectivity index (χ2n) is 6.62. The molecule has 0 bridgehead atoms. The molecule has 0 unspecified atom stereocenters. The molecule has 0 aliphatic rings. The Balaban J connectivity index is 1.66. The number of amides is 1. The second-order valence-corrected chi connectivity index (χ2v) is 8.99. The van der Waals surface area contributed by atoms with Gasteiger partial charge in [-0.25, -0.2) is 8.42 Å². The largest absolute Gasteiger partial charge is 0.348 e. The minimum absolute atomic E-state index is 0.195. The third-order valence-electron chi connectivity index (χ3n) is 4.58. The molecule has 0 fully saturated rings. The van der Waals surface area contributed by atoms with Crippen LogP contribution in [0.1, 0.15) is 28.4 Å². The predicted molar refractivity (Wildman–Crippen MR) is 117 cm³/mol. The number of carbonyl (C=O) groups is 1. The van der Waals surface area contributed by atoms with Gasteiger partial charge in [0.15, 0.2) is 0 Å². The van der Waals surface area contributed by atoms with Gasteiger partial charge in [0.05, 0.1) is 4.90 Å². The quantitative estimate of drug-likeness (QED) is 0.573.